The summed E-state index contributed by atoms with van der Waals surface area (Å²) in [5.41, 5.74) is 0. The number of unbranched alkanes of at least 4 members (excludes halogenated alkanes) is 19. The zero-order valence-corrected chi connectivity index (χ0v) is 22.8. The summed E-state index contributed by atoms with van der Waals surface area (Å²) in [5, 5.41) is 16.8. The van der Waals surface area contributed by atoms with Gasteiger partial charge < -0.3 is 10.2 Å². The first-order valence-corrected chi connectivity index (χ1v) is 14.6. The molecule has 0 fully saturated rings. The molecule has 0 heterocycles. The predicted molar refractivity (Wildman–Crippen MR) is 147 cm³/mol. The van der Waals surface area contributed by atoms with Gasteiger partial charge in [0.15, 0.2) is 0 Å². The molecule has 0 rings (SSSR count). The second-order valence-corrected chi connectivity index (χ2v) is 9.70. The second-order valence-electron chi connectivity index (χ2n) is 9.70. The molecular weight excluding hydrogens is 424 g/mol. The number of aliphatic carboxylic acids is 2. The van der Waals surface area contributed by atoms with Crippen molar-refractivity contribution in [3.05, 3.63) is 12.2 Å². The maximum absolute atomic E-state index is 10.4. The third-order valence-corrected chi connectivity index (χ3v) is 6.15. The maximum Gasteiger partial charge on any atom is 0.303 e. The summed E-state index contributed by atoms with van der Waals surface area (Å²) in [6.45, 7) is 4.42. The summed E-state index contributed by atoms with van der Waals surface area (Å²) in [4.78, 5) is 20.4. The van der Waals surface area contributed by atoms with Gasteiger partial charge in [0.05, 0.1) is 0 Å². The highest BCUT2D eigenvalue weighted by Gasteiger charge is 1.97. The molecule has 4 nitrogen and oxygen atoms in total. The highest BCUT2D eigenvalue weighted by atomic mass is 16.4. The lowest BCUT2D eigenvalue weighted by Gasteiger charge is -2.01. The highest BCUT2D eigenvalue weighted by molar-refractivity contribution is 5.66. The number of carboxylic acids is 2. The molecule has 0 bridgehead atoms. The molecule has 0 spiro atoms. The smallest absolute Gasteiger partial charge is 0.303 e. The Labute approximate surface area is 212 Å². The van der Waals surface area contributed by atoms with Gasteiger partial charge in [0.1, 0.15) is 0 Å². The Bertz CT molecular complexity index is 445. The van der Waals surface area contributed by atoms with Gasteiger partial charge in [0, 0.05) is 12.8 Å². The molecular formula is C30H58O4. The van der Waals surface area contributed by atoms with E-state index in [9.17, 15) is 9.59 Å². The first-order chi connectivity index (χ1) is 16.5. The number of hydrogen-bond acceptors (Lipinski definition) is 2. The van der Waals surface area contributed by atoms with E-state index < -0.39 is 11.9 Å². The summed E-state index contributed by atoms with van der Waals surface area (Å²) in [6.07, 6.45) is 33.0. The summed E-state index contributed by atoms with van der Waals surface area (Å²) >= 11 is 0. The van der Waals surface area contributed by atoms with Crippen molar-refractivity contribution in [1.82, 2.24) is 0 Å². The zero-order valence-electron chi connectivity index (χ0n) is 22.8. The number of carbonyl (C=O) groups is 2. The predicted octanol–water partition coefficient (Wildman–Crippen LogP) is 10.1. The molecule has 0 aliphatic carbocycles. The summed E-state index contributed by atoms with van der Waals surface area (Å²) < 4.78 is 0. The van der Waals surface area contributed by atoms with E-state index in [1.807, 2.05) is 0 Å². The minimum atomic E-state index is -0.670. The van der Waals surface area contributed by atoms with Crippen LogP contribution in [0.4, 0.5) is 0 Å². The Kier molecular flexibility index (Phi) is 32.5. The van der Waals surface area contributed by atoms with Gasteiger partial charge in [-0.25, -0.2) is 0 Å². The molecule has 0 atom stereocenters. The average Bonchev–Trinajstić information content (AvgIpc) is 2.80. The molecule has 0 radical (unpaired) electrons. The quantitative estimate of drug-likeness (QED) is 0.100. The van der Waals surface area contributed by atoms with Crippen LogP contribution in [0.2, 0.25) is 0 Å². The molecule has 0 aromatic heterocycles. The van der Waals surface area contributed by atoms with Crippen molar-refractivity contribution in [2.24, 2.45) is 0 Å². The number of carboxylic acid groups (broad SMARTS) is 2. The molecule has 0 aromatic rings. The second kappa shape index (κ2) is 31.7. The van der Waals surface area contributed by atoms with Gasteiger partial charge in [-0.1, -0.05) is 129 Å². The van der Waals surface area contributed by atoms with Crippen LogP contribution in [0.1, 0.15) is 168 Å². The van der Waals surface area contributed by atoms with E-state index in [4.69, 9.17) is 10.2 Å². The van der Waals surface area contributed by atoms with Gasteiger partial charge in [-0.3, -0.25) is 9.59 Å². The molecule has 34 heavy (non-hydrogen) atoms. The normalized spacial score (nSPS) is 10.9. The van der Waals surface area contributed by atoms with Gasteiger partial charge >= 0.3 is 11.9 Å². The monoisotopic (exact) mass is 482 g/mol. The number of allylic oxidation sites excluding steroid dienone is 2. The third kappa shape index (κ3) is 38.0. The van der Waals surface area contributed by atoms with Crippen LogP contribution in [-0.2, 0) is 9.59 Å². The van der Waals surface area contributed by atoms with Crippen LogP contribution < -0.4 is 0 Å². The fourth-order valence-corrected chi connectivity index (χ4v) is 3.93. The molecule has 4 heteroatoms. The van der Waals surface area contributed by atoms with E-state index in [-0.39, 0.29) is 0 Å². The van der Waals surface area contributed by atoms with Gasteiger partial charge in [0.25, 0.3) is 0 Å². The Morgan fingerprint density at radius 1 is 0.441 bits per heavy atom. The summed E-state index contributed by atoms with van der Waals surface area (Å²) in [5.74, 6) is -1.33. The Balaban J connectivity index is 0. The Hall–Kier alpha value is -1.32. The van der Waals surface area contributed by atoms with Gasteiger partial charge in [-0.2, -0.15) is 0 Å². The van der Waals surface area contributed by atoms with Crippen LogP contribution in [-0.4, -0.2) is 22.2 Å². The maximum atomic E-state index is 10.4. The molecule has 0 saturated carbocycles. The van der Waals surface area contributed by atoms with Crippen molar-refractivity contribution in [1.29, 1.82) is 0 Å². The number of rotatable bonds is 25. The van der Waals surface area contributed by atoms with Crippen molar-refractivity contribution >= 4 is 11.9 Å². The van der Waals surface area contributed by atoms with E-state index in [1.54, 1.807) is 0 Å². The largest absolute Gasteiger partial charge is 0.481 e. The van der Waals surface area contributed by atoms with E-state index in [2.05, 4.69) is 26.0 Å². The summed E-state index contributed by atoms with van der Waals surface area (Å²) in [7, 11) is 0. The molecule has 2 N–H and O–H groups in total. The Morgan fingerprint density at radius 3 is 1.00 bits per heavy atom. The van der Waals surface area contributed by atoms with Gasteiger partial charge in [-0.05, 0) is 38.5 Å². The lowest BCUT2D eigenvalue weighted by molar-refractivity contribution is -0.138. The van der Waals surface area contributed by atoms with Gasteiger partial charge in [0.2, 0.25) is 0 Å². The van der Waals surface area contributed by atoms with Crippen LogP contribution in [0.5, 0.6) is 0 Å². The van der Waals surface area contributed by atoms with Crippen molar-refractivity contribution in [3.8, 4) is 0 Å². The average molecular weight is 483 g/mol. The standard InChI is InChI=1S/C22H42O2.C8H16O2/c1-2-3-4-5-6-7-8-9-10-11-12-13-14-15-16-17-18-19-20-21-22(23)24;1-2-3-4-5-6-7-8(9)10/h9-10H,2-8,11-21H2,1H3,(H,23,24);2-7H2,1H3,(H,9,10)/b10-9-;. The van der Waals surface area contributed by atoms with Crippen molar-refractivity contribution in [3.63, 3.8) is 0 Å². The van der Waals surface area contributed by atoms with Crippen LogP contribution in [0.3, 0.4) is 0 Å². The van der Waals surface area contributed by atoms with Crippen molar-refractivity contribution < 1.29 is 19.8 Å². The molecule has 202 valence electrons. The molecule has 0 amide bonds. The topological polar surface area (TPSA) is 74.6 Å². The minimum absolute atomic E-state index is 0.337. The molecule has 0 saturated heterocycles. The minimum Gasteiger partial charge on any atom is -0.481 e. The van der Waals surface area contributed by atoms with Crippen LogP contribution in [0, 0.1) is 0 Å². The zero-order chi connectivity index (χ0) is 25.5. The van der Waals surface area contributed by atoms with Crippen LogP contribution >= 0.6 is 0 Å². The van der Waals surface area contributed by atoms with Crippen molar-refractivity contribution in [2.75, 3.05) is 0 Å². The van der Waals surface area contributed by atoms with Crippen molar-refractivity contribution in [2.45, 2.75) is 168 Å². The fraction of sp³-hybridized carbons (Fsp3) is 0.867. The first kappa shape index (κ1) is 34.8. The molecule has 0 unspecified atom stereocenters. The van der Waals surface area contributed by atoms with E-state index >= 15 is 0 Å². The third-order valence-electron chi connectivity index (χ3n) is 6.15. The first-order valence-electron chi connectivity index (χ1n) is 14.6. The lowest BCUT2D eigenvalue weighted by atomic mass is 10.1. The number of hydrogen-bond donors (Lipinski definition) is 2. The highest BCUT2D eigenvalue weighted by Crippen LogP contribution is 2.12. The van der Waals surface area contributed by atoms with E-state index in [1.165, 1.54) is 116 Å². The van der Waals surface area contributed by atoms with Crippen LogP contribution in [0.15, 0.2) is 12.2 Å². The molecule has 0 aromatic carbocycles. The van der Waals surface area contributed by atoms with Gasteiger partial charge in [-0.15, -0.1) is 0 Å². The van der Waals surface area contributed by atoms with E-state index in [0.29, 0.717) is 12.8 Å². The fourth-order valence-electron chi connectivity index (χ4n) is 3.93. The lowest BCUT2D eigenvalue weighted by Crippen LogP contribution is -1.93. The molecule has 0 aliphatic rings. The molecule has 0 aliphatic heterocycles. The van der Waals surface area contributed by atoms with Crippen LogP contribution in [0.25, 0.3) is 0 Å². The Morgan fingerprint density at radius 2 is 0.706 bits per heavy atom. The SMILES string of the molecule is CCCCCCCC(=O)O.CCCCCCCC/C=C\CCCCCCCCCCCC(=O)O. The summed E-state index contributed by atoms with van der Waals surface area (Å²) in [6, 6.07) is 0. The van der Waals surface area contributed by atoms with E-state index in [0.717, 1.165) is 25.7 Å².